The van der Waals surface area contributed by atoms with Crippen LogP contribution in [-0.4, -0.2) is 29.0 Å². The van der Waals surface area contributed by atoms with Crippen molar-refractivity contribution in [3.8, 4) is 17.6 Å². The number of anilines is 1. The van der Waals surface area contributed by atoms with E-state index in [1.165, 1.54) is 30.2 Å². The molecule has 0 bridgehead atoms. The van der Waals surface area contributed by atoms with Crippen molar-refractivity contribution in [3.05, 3.63) is 101 Å². The largest absolute Gasteiger partial charge is 0.508 e. The molecule has 0 radical (unpaired) electrons. The van der Waals surface area contributed by atoms with Crippen molar-refractivity contribution < 1.29 is 29.0 Å². The number of aliphatic hydroxyl groups is 1. The van der Waals surface area contributed by atoms with Crippen molar-refractivity contribution >= 4 is 28.3 Å². The van der Waals surface area contributed by atoms with Crippen molar-refractivity contribution in [1.29, 1.82) is 5.26 Å². The van der Waals surface area contributed by atoms with E-state index in [9.17, 15) is 19.8 Å². The molecule has 2 N–H and O–H groups in total. The van der Waals surface area contributed by atoms with Gasteiger partial charge >= 0.3 is 0 Å². The molecule has 0 saturated heterocycles. The lowest BCUT2D eigenvalue weighted by Crippen LogP contribution is -2.31. The van der Waals surface area contributed by atoms with Gasteiger partial charge in [0, 0.05) is 11.1 Å². The lowest BCUT2D eigenvalue weighted by Gasteiger charge is -2.26. The average Bonchev–Trinajstić information content (AvgIpc) is 3.43. The number of nitrogens with zero attached hydrogens (tertiary/aromatic N) is 2. The van der Waals surface area contributed by atoms with Gasteiger partial charge in [-0.2, -0.15) is 5.26 Å². The van der Waals surface area contributed by atoms with Crippen molar-refractivity contribution in [2.45, 2.75) is 6.04 Å². The zero-order chi connectivity index (χ0) is 24.7. The molecular formula is C27H18N2O6. The van der Waals surface area contributed by atoms with E-state index in [2.05, 4.69) is 0 Å². The lowest BCUT2D eigenvalue weighted by atomic mass is 9.94. The van der Waals surface area contributed by atoms with Gasteiger partial charge in [-0.15, -0.1) is 0 Å². The molecule has 8 nitrogen and oxygen atoms in total. The summed E-state index contributed by atoms with van der Waals surface area (Å²) in [5.74, 6) is -1.76. The van der Waals surface area contributed by atoms with Gasteiger partial charge in [-0.05, 0) is 54.1 Å². The van der Waals surface area contributed by atoms with Crippen LogP contribution >= 0.6 is 0 Å². The molecule has 35 heavy (non-hydrogen) atoms. The van der Waals surface area contributed by atoms with Crippen molar-refractivity contribution in [3.63, 3.8) is 0 Å². The van der Waals surface area contributed by atoms with Gasteiger partial charge in [0.25, 0.3) is 5.91 Å². The summed E-state index contributed by atoms with van der Waals surface area (Å²) >= 11 is 0. The van der Waals surface area contributed by atoms with Crippen LogP contribution in [0.15, 0.2) is 88.5 Å². The number of ether oxygens (including phenoxy) is 1. The van der Waals surface area contributed by atoms with E-state index < -0.39 is 23.5 Å². The van der Waals surface area contributed by atoms with Crippen molar-refractivity contribution in [1.82, 2.24) is 0 Å². The molecule has 172 valence electrons. The average molecular weight is 466 g/mol. The number of phenolic OH excluding ortho intramolecular Hbond substituents is 1. The number of nitriles is 1. The SMILES string of the molecule is COc1cccc2cc(C(=O)C3=C(O)C(=O)N(c4ccc(C#N)cc4)C3c3ccc(O)cc3)oc12. The summed E-state index contributed by atoms with van der Waals surface area (Å²) in [6.45, 7) is 0. The Balaban J connectivity index is 1.65. The number of aliphatic hydroxyl groups excluding tert-OH is 1. The van der Waals surface area contributed by atoms with Crippen molar-refractivity contribution in [2.75, 3.05) is 12.0 Å². The normalized spacial score (nSPS) is 15.5. The Morgan fingerprint density at radius 2 is 1.77 bits per heavy atom. The third kappa shape index (κ3) is 3.56. The predicted octanol–water partition coefficient (Wildman–Crippen LogP) is 4.80. The monoisotopic (exact) mass is 466 g/mol. The topological polar surface area (TPSA) is 124 Å². The number of phenols is 1. The van der Waals surface area contributed by atoms with E-state index in [0.717, 1.165) is 0 Å². The molecule has 0 spiro atoms. The highest BCUT2D eigenvalue weighted by Gasteiger charge is 2.45. The highest BCUT2D eigenvalue weighted by Crippen LogP contribution is 2.43. The molecule has 1 aliphatic heterocycles. The minimum absolute atomic E-state index is 0.00783. The van der Waals surface area contributed by atoms with Crippen molar-refractivity contribution in [2.24, 2.45) is 0 Å². The molecule has 8 heteroatoms. The molecule has 0 aliphatic carbocycles. The zero-order valence-corrected chi connectivity index (χ0v) is 18.4. The fraction of sp³-hybridized carbons (Fsp3) is 0.0741. The maximum absolute atomic E-state index is 13.7. The van der Waals surface area contributed by atoms with Crippen LogP contribution in [0.5, 0.6) is 11.5 Å². The number of carbonyl (C=O) groups is 2. The van der Waals surface area contributed by atoms with Gasteiger partial charge in [0.15, 0.2) is 22.9 Å². The number of carbonyl (C=O) groups excluding carboxylic acids is 2. The first-order chi connectivity index (χ1) is 16.9. The van der Waals surface area contributed by atoms with E-state index in [-0.39, 0.29) is 17.1 Å². The third-order valence-electron chi connectivity index (χ3n) is 5.89. The maximum Gasteiger partial charge on any atom is 0.294 e. The van der Waals surface area contributed by atoms with E-state index in [1.54, 1.807) is 54.6 Å². The number of aromatic hydroxyl groups is 1. The first-order valence-corrected chi connectivity index (χ1v) is 10.6. The van der Waals surface area contributed by atoms with Gasteiger partial charge in [-0.3, -0.25) is 14.5 Å². The summed E-state index contributed by atoms with van der Waals surface area (Å²) in [7, 11) is 1.49. The summed E-state index contributed by atoms with van der Waals surface area (Å²) < 4.78 is 11.1. The molecular weight excluding hydrogens is 448 g/mol. The number of rotatable bonds is 5. The van der Waals surface area contributed by atoms with E-state index >= 15 is 0 Å². The summed E-state index contributed by atoms with van der Waals surface area (Å²) in [6.07, 6.45) is 0. The maximum atomic E-state index is 13.7. The molecule has 0 saturated carbocycles. The van der Waals surface area contributed by atoms with Crippen LogP contribution in [0, 0.1) is 11.3 Å². The molecule has 1 unspecified atom stereocenters. The van der Waals surface area contributed by atoms with Gasteiger partial charge in [-0.25, -0.2) is 0 Å². The molecule has 1 amide bonds. The predicted molar refractivity (Wildman–Crippen MR) is 126 cm³/mol. The Hall–Kier alpha value is -5.03. The lowest BCUT2D eigenvalue weighted by molar-refractivity contribution is -0.117. The first-order valence-electron chi connectivity index (χ1n) is 10.6. The highest BCUT2D eigenvalue weighted by molar-refractivity contribution is 6.20. The molecule has 5 rings (SSSR count). The number of amides is 1. The van der Waals surface area contributed by atoms with Crippen LogP contribution in [0.25, 0.3) is 11.0 Å². The Morgan fingerprint density at radius 1 is 1.06 bits per heavy atom. The second kappa shape index (κ2) is 8.39. The number of benzene rings is 3. The van der Waals surface area contributed by atoms with Crippen LogP contribution in [-0.2, 0) is 4.79 Å². The number of fused-ring (bicyclic) bond motifs is 1. The molecule has 1 aromatic heterocycles. The number of furan rings is 1. The molecule has 2 heterocycles. The second-order valence-electron chi connectivity index (χ2n) is 7.91. The van der Waals surface area contributed by atoms with Gasteiger partial charge in [-0.1, -0.05) is 24.3 Å². The van der Waals surface area contributed by atoms with E-state index in [0.29, 0.717) is 33.5 Å². The Bertz CT molecular complexity index is 1540. The number of ketones is 1. The second-order valence-corrected chi connectivity index (χ2v) is 7.91. The number of para-hydroxylation sites is 1. The summed E-state index contributed by atoms with van der Waals surface area (Å²) in [5.41, 5.74) is 1.47. The van der Waals surface area contributed by atoms with Crippen LogP contribution in [0.3, 0.4) is 0 Å². The zero-order valence-electron chi connectivity index (χ0n) is 18.4. The fourth-order valence-electron chi connectivity index (χ4n) is 4.21. The molecule has 1 atom stereocenters. The molecule has 3 aromatic carbocycles. The standard InChI is InChI=1S/C27H18N2O6/c1-34-20-4-2-3-17-13-21(35-26(17)20)24(31)22-23(16-7-11-19(30)12-8-16)29(27(33)25(22)32)18-9-5-15(14-28)6-10-18/h2-13,23,30,32H,1H3. The number of hydrogen-bond donors (Lipinski definition) is 2. The van der Waals surface area contributed by atoms with Crippen LogP contribution < -0.4 is 9.64 Å². The van der Waals surface area contributed by atoms with E-state index in [4.69, 9.17) is 14.4 Å². The smallest absolute Gasteiger partial charge is 0.294 e. The highest BCUT2D eigenvalue weighted by atomic mass is 16.5. The fourth-order valence-corrected chi connectivity index (χ4v) is 4.21. The minimum atomic E-state index is -1.00. The first kappa shape index (κ1) is 21.8. The van der Waals surface area contributed by atoms with Crippen LogP contribution in [0.2, 0.25) is 0 Å². The Labute approximate surface area is 199 Å². The Kier molecular flexibility index (Phi) is 5.23. The molecule has 0 fully saturated rings. The minimum Gasteiger partial charge on any atom is -0.508 e. The molecule has 1 aliphatic rings. The summed E-state index contributed by atoms with van der Waals surface area (Å²) in [4.78, 5) is 28.2. The number of Topliss-reactive ketones (excluding diaryl/α,β-unsaturated/α-hetero) is 1. The number of hydrogen-bond acceptors (Lipinski definition) is 7. The van der Waals surface area contributed by atoms with Gasteiger partial charge in [0.2, 0.25) is 5.78 Å². The van der Waals surface area contributed by atoms with Gasteiger partial charge in [0.05, 0.1) is 30.4 Å². The summed E-state index contributed by atoms with van der Waals surface area (Å²) in [6, 6.07) is 20.0. The van der Waals surface area contributed by atoms with Crippen LogP contribution in [0.1, 0.15) is 27.7 Å². The van der Waals surface area contributed by atoms with E-state index in [1.807, 2.05) is 6.07 Å². The Morgan fingerprint density at radius 3 is 2.43 bits per heavy atom. The third-order valence-corrected chi connectivity index (χ3v) is 5.89. The summed E-state index contributed by atoms with van der Waals surface area (Å²) in [5, 5.41) is 30.4. The quantitative estimate of drug-likeness (QED) is 0.405. The number of methoxy groups -OCH3 is 1. The van der Waals surface area contributed by atoms with Gasteiger partial charge < -0.3 is 19.4 Å². The van der Waals surface area contributed by atoms with Crippen LogP contribution in [0.4, 0.5) is 5.69 Å². The molecule has 4 aromatic rings. The van der Waals surface area contributed by atoms with Gasteiger partial charge in [0.1, 0.15) is 5.75 Å².